The van der Waals surface area contributed by atoms with Crippen LogP contribution in [-0.4, -0.2) is 42.1 Å². The summed E-state index contributed by atoms with van der Waals surface area (Å²) in [4.78, 5) is 0. The molecular weight excluding hydrogens is 258 g/mol. The van der Waals surface area contributed by atoms with Gasteiger partial charge in [0.2, 0.25) is 0 Å². The first-order chi connectivity index (χ1) is 9.37. The van der Waals surface area contributed by atoms with Crippen LogP contribution >= 0.6 is 0 Å². The Kier molecular flexibility index (Phi) is 7.23. The molecule has 5 nitrogen and oxygen atoms in total. The van der Waals surface area contributed by atoms with E-state index in [1.54, 1.807) is 12.3 Å². The van der Waals surface area contributed by atoms with Gasteiger partial charge < -0.3 is 24.7 Å². The minimum absolute atomic E-state index is 0.103. The van der Waals surface area contributed by atoms with Gasteiger partial charge in [-0.15, -0.1) is 0 Å². The average Bonchev–Trinajstić information content (AvgIpc) is 2.79. The van der Waals surface area contributed by atoms with Crippen molar-refractivity contribution >= 4 is 0 Å². The second-order valence-electron chi connectivity index (χ2n) is 6.33. The first kappa shape index (κ1) is 17.2. The minimum atomic E-state index is -0.591. The van der Waals surface area contributed by atoms with E-state index < -0.39 is 12.2 Å². The molecule has 0 bridgehead atoms. The Morgan fingerprint density at radius 1 is 1.25 bits per heavy atom. The molecule has 0 radical (unpaired) electrons. The van der Waals surface area contributed by atoms with E-state index >= 15 is 0 Å². The molecule has 5 heteroatoms. The van der Waals surface area contributed by atoms with Gasteiger partial charge in [-0.3, -0.25) is 0 Å². The molecule has 0 aromatic carbocycles. The molecule has 0 aliphatic carbocycles. The van der Waals surface area contributed by atoms with Gasteiger partial charge in [0, 0.05) is 13.1 Å². The monoisotopic (exact) mass is 285 g/mol. The maximum absolute atomic E-state index is 9.81. The summed E-state index contributed by atoms with van der Waals surface area (Å²) in [5.74, 6) is 0.741. The molecule has 0 amide bonds. The van der Waals surface area contributed by atoms with Crippen LogP contribution < -0.4 is 5.32 Å². The van der Waals surface area contributed by atoms with Crippen LogP contribution in [0.2, 0.25) is 0 Å². The number of furan rings is 1. The first-order valence-electron chi connectivity index (χ1n) is 7.04. The summed E-state index contributed by atoms with van der Waals surface area (Å²) in [7, 11) is 0. The fraction of sp³-hybridized carbons (Fsp3) is 0.733. The molecular formula is C15H27NO4. The molecule has 116 valence electrons. The second-order valence-corrected chi connectivity index (χ2v) is 6.33. The van der Waals surface area contributed by atoms with Gasteiger partial charge in [0.25, 0.3) is 0 Å². The maximum Gasteiger partial charge on any atom is 0.129 e. The molecule has 3 N–H and O–H groups in total. The molecule has 0 spiro atoms. The van der Waals surface area contributed by atoms with E-state index in [4.69, 9.17) is 9.15 Å². The molecule has 1 aromatic rings. The summed E-state index contributed by atoms with van der Waals surface area (Å²) < 4.78 is 10.5. The number of hydrogen-bond donors (Lipinski definition) is 3. The van der Waals surface area contributed by atoms with Crippen molar-refractivity contribution in [1.82, 2.24) is 5.32 Å². The largest absolute Gasteiger partial charge is 0.467 e. The van der Waals surface area contributed by atoms with Gasteiger partial charge in [-0.05, 0) is 24.0 Å². The topological polar surface area (TPSA) is 74.9 Å². The Morgan fingerprint density at radius 2 is 1.95 bits per heavy atom. The van der Waals surface area contributed by atoms with Crippen molar-refractivity contribution in [1.29, 1.82) is 0 Å². The van der Waals surface area contributed by atoms with Crippen molar-refractivity contribution in [3.05, 3.63) is 24.2 Å². The van der Waals surface area contributed by atoms with E-state index in [0.29, 0.717) is 19.7 Å². The lowest BCUT2D eigenvalue weighted by atomic mass is 9.89. The van der Waals surface area contributed by atoms with Gasteiger partial charge in [0.05, 0.1) is 25.1 Å². The summed E-state index contributed by atoms with van der Waals surface area (Å²) >= 11 is 0. The third kappa shape index (κ3) is 8.32. The van der Waals surface area contributed by atoms with Gasteiger partial charge >= 0.3 is 0 Å². The highest BCUT2D eigenvalue weighted by Crippen LogP contribution is 2.20. The van der Waals surface area contributed by atoms with Crippen LogP contribution in [0.15, 0.2) is 22.8 Å². The van der Waals surface area contributed by atoms with E-state index in [1.807, 2.05) is 6.07 Å². The van der Waals surface area contributed by atoms with Crippen molar-refractivity contribution in [2.24, 2.45) is 5.41 Å². The van der Waals surface area contributed by atoms with Crippen LogP contribution in [0.3, 0.4) is 0 Å². The highest BCUT2D eigenvalue weighted by molar-refractivity contribution is 4.96. The third-order valence-electron chi connectivity index (χ3n) is 2.74. The molecule has 0 fully saturated rings. The molecule has 0 saturated carbocycles. The summed E-state index contributed by atoms with van der Waals surface area (Å²) in [5.41, 5.74) is 0.103. The molecule has 2 atom stereocenters. The Balaban J connectivity index is 2.03. The summed E-state index contributed by atoms with van der Waals surface area (Å²) in [6.45, 7) is 7.75. The molecule has 0 aliphatic heterocycles. The van der Waals surface area contributed by atoms with Crippen LogP contribution in [0.1, 0.15) is 33.0 Å². The fourth-order valence-electron chi connectivity index (χ4n) is 1.94. The van der Waals surface area contributed by atoms with E-state index in [1.165, 1.54) is 0 Å². The SMILES string of the molecule is CC(C)(C)CC(O)CNCC(O)COCc1ccco1. The standard InChI is InChI=1S/C15H27NO4/c1-15(2,3)7-12(17)8-16-9-13(18)10-19-11-14-5-4-6-20-14/h4-6,12-13,16-18H,7-11H2,1-3H3. The van der Waals surface area contributed by atoms with E-state index in [0.717, 1.165) is 12.2 Å². The lowest BCUT2D eigenvalue weighted by Crippen LogP contribution is -2.36. The number of nitrogens with one attached hydrogen (secondary N) is 1. The smallest absolute Gasteiger partial charge is 0.129 e. The zero-order valence-corrected chi connectivity index (χ0v) is 12.6. The Labute approximate surface area is 120 Å². The maximum atomic E-state index is 9.81. The molecule has 0 aliphatic rings. The fourth-order valence-corrected chi connectivity index (χ4v) is 1.94. The number of aliphatic hydroxyl groups excluding tert-OH is 2. The van der Waals surface area contributed by atoms with Gasteiger partial charge in [-0.1, -0.05) is 20.8 Å². The van der Waals surface area contributed by atoms with Crippen LogP contribution in [0.5, 0.6) is 0 Å². The van der Waals surface area contributed by atoms with E-state index in [-0.39, 0.29) is 12.0 Å². The predicted octanol–water partition coefficient (Wildman–Crippen LogP) is 1.54. The van der Waals surface area contributed by atoms with Gasteiger partial charge in [-0.2, -0.15) is 0 Å². The van der Waals surface area contributed by atoms with Gasteiger partial charge in [0.15, 0.2) is 0 Å². The quantitative estimate of drug-likeness (QED) is 0.642. The normalized spacial score (nSPS) is 15.2. The molecule has 2 unspecified atom stereocenters. The lowest BCUT2D eigenvalue weighted by Gasteiger charge is -2.23. The zero-order chi connectivity index (χ0) is 15.0. The van der Waals surface area contributed by atoms with E-state index in [9.17, 15) is 10.2 Å². The highest BCUT2D eigenvalue weighted by atomic mass is 16.5. The summed E-state index contributed by atoms with van der Waals surface area (Å²) in [5, 5.41) is 22.6. The van der Waals surface area contributed by atoms with Crippen LogP contribution in [0, 0.1) is 5.41 Å². The van der Waals surface area contributed by atoms with Crippen LogP contribution in [0.25, 0.3) is 0 Å². The first-order valence-corrected chi connectivity index (χ1v) is 7.04. The van der Waals surface area contributed by atoms with Crippen molar-refractivity contribution in [2.45, 2.75) is 46.0 Å². The lowest BCUT2D eigenvalue weighted by molar-refractivity contribution is 0.0207. The van der Waals surface area contributed by atoms with Crippen molar-refractivity contribution in [2.75, 3.05) is 19.7 Å². The molecule has 0 saturated heterocycles. The minimum Gasteiger partial charge on any atom is -0.467 e. The van der Waals surface area contributed by atoms with Crippen molar-refractivity contribution in [3.8, 4) is 0 Å². The molecule has 1 aromatic heterocycles. The number of hydrogen-bond acceptors (Lipinski definition) is 5. The Bertz CT molecular complexity index is 345. The third-order valence-corrected chi connectivity index (χ3v) is 2.74. The van der Waals surface area contributed by atoms with Crippen molar-refractivity contribution in [3.63, 3.8) is 0 Å². The highest BCUT2D eigenvalue weighted by Gasteiger charge is 2.16. The molecule has 20 heavy (non-hydrogen) atoms. The van der Waals surface area contributed by atoms with Crippen molar-refractivity contribution < 1.29 is 19.4 Å². The second kappa shape index (κ2) is 8.42. The Morgan fingerprint density at radius 3 is 2.55 bits per heavy atom. The number of aliphatic hydroxyl groups is 2. The van der Waals surface area contributed by atoms with Gasteiger partial charge in [-0.25, -0.2) is 0 Å². The zero-order valence-electron chi connectivity index (χ0n) is 12.6. The number of ether oxygens (including phenoxy) is 1. The van der Waals surface area contributed by atoms with Crippen LogP contribution in [0.4, 0.5) is 0 Å². The predicted molar refractivity (Wildman–Crippen MR) is 77.3 cm³/mol. The molecule has 1 rings (SSSR count). The number of rotatable bonds is 9. The summed E-state index contributed by atoms with van der Waals surface area (Å²) in [6.07, 6.45) is 1.33. The van der Waals surface area contributed by atoms with Crippen LogP contribution in [-0.2, 0) is 11.3 Å². The molecule has 1 heterocycles. The van der Waals surface area contributed by atoms with E-state index in [2.05, 4.69) is 26.1 Å². The Hall–Kier alpha value is -0.880. The average molecular weight is 285 g/mol. The summed E-state index contributed by atoms with van der Waals surface area (Å²) in [6, 6.07) is 3.63. The van der Waals surface area contributed by atoms with Gasteiger partial charge in [0.1, 0.15) is 12.4 Å².